The SMILES string of the molecule is CNCCN(C)C(=O)c1ccc(S(=O)(=O)N2CCCC(C)C2)cc1.Cl. The van der Waals surface area contributed by atoms with E-state index in [0.29, 0.717) is 37.7 Å². The van der Waals surface area contributed by atoms with Gasteiger partial charge in [-0.2, -0.15) is 4.31 Å². The first-order valence-corrected chi connectivity index (χ1v) is 9.80. The third-order valence-corrected chi connectivity index (χ3v) is 6.28. The van der Waals surface area contributed by atoms with Crippen molar-refractivity contribution in [1.29, 1.82) is 0 Å². The van der Waals surface area contributed by atoms with Gasteiger partial charge in [-0.1, -0.05) is 6.92 Å². The lowest BCUT2D eigenvalue weighted by Gasteiger charge is -2.30. The van der Waals surface area contributed by atoms with Crippen LogP contribution in [0.5, 0.6) is 0 Å². The van der Waals surface area contributed by atoms with Crippen LogP contribution in [-0.4, -0.2) is 63.8 Å². The minimum atomic E-state index is -3.47. The number of nitrogens with one attached hydrogen (secondary N) is 1. The Balaban J connectivity index is 0.00000312. The molecule has 142 valence electrons. The first-order chi connectivity index (χ1) is 11.4. The standard InChI is InChI=1S/C17H27N3O3S.ClH/c1-14-5-4-11-20(13-14)24(22,23)16-8-6-15(7-9-16)17(21)19(3)12-10-18-2;/h6-9,14,18H,4-5,10-13H2,1-3H3;1H. The Morgan fingerprint density at radius 1 is 1.32 bits per heavy atom. The monoisotopic (exact) mass is 389 g/mol. The fourth-order valence-corrected chi connectivity index (χ4v) is 4.48. The van der Waals surface area contributed by atoms with Crippen LogP contribution < -0.4 is 5.32 Å². The lowest BCUT2D eigenvalue weighted by molar-refractivity contribution is 0.0796. The van der Waals surface area contributed by atoms with Crippen LogP contribution in [-0.2, 0) is 10.0 Å². The lowest BCUT2D eigenvalue weighted by atomic mass is 10.0. The molecule has 0 bridgehead atoms. The van der Waals surface area contributed by atoms with Crippen LogP contribution in [0.2, 0.25) is 0 Å². The molecule has 1 aliphatic rings. The highest BCUT2D eigenvalue weighted by Crippen LogP contribution is 2.23. The molecule has 0 radical (unpaired) electrons. The van der Waals surface area contributed by atoms with Gasteiger partial charge in [-0.15, -0.1) is 12.4 Å². The number of sulfonamides is 1. The van der Waals surface area contributed by atoms with E-state index in [9.17, 15) is 13.2 Å². The molecule has 1 aromatic rings. The van der Waals surface area contributed by atoms with E-state index in [2.05, 4.69) is 12.2 Å². The molecule has 1 fully saturated rings. The van der Waals surface area contributed by atoms with Crippen molar-refractivity contribution in [2.75, 3.05) is 40.3 Å². The van der Waals surface area contributed by atoms with Crippen molar-refractivity contribution < 1.29 is 13.2 Å². The van der Waals surface area contributed by atoms with Gasteiger partial charge in [0.2, 0.25) is 10.0 Å². The first kappa shape index (κ1) is 21.9. The van der Waals surface area contributed by atoms with Crippen LogP contribution in [0, 0.1) is 5.92 Å². The molecule has 2 rings (SSSR count). The van der Waals surface area contributed by atoms with Gasteiger partial charge in [0.25, 0.3) is 5.91 Å². The summed E-state index contributed by atoms with van der Waals surface area (Å²) in [5.74, 6) is 0.274. The van der Waals surface area contributed by atoms with E-state index in [4.69, 9.17) is 0 Å². The van der Waals surface area contributed by atoms with Crippen molar-refractivity contribution in [3.63, 3.8) is 0 Å². The van der Waals surface area contributed by atoms with E-state index in [1.54, 1.807) is 28.4 Å². The molecule has 1 aromatic carbocycles. The summed E-state index contributed by atoms with van der Waals surface area (Å²) in [7, 11) is 0.0949. The second-order valence-corrected chi connectivity index (χ2v) is 8.40. The van der Waals surface area contributed by atoms with E-state index in [1.807, 2.05) is 7.05 Å². The average Bonchev–Trinajstić information content (AvgIpc) is 2.59. The van der Waals surface area contributed by atoms with Crippen molar-refractivity contribution in [2.24, 2.45) is 5.92 Å². The summed E-state index contributed by atoms with van der Waals surface area (Å²) in [5.41, 5.74) is 0.500. The second-order valence-electron chi connectivity index (χ2n) is 6.47. The normalized spacial score (nSPS) is 18.4. The maximum Gasteiger partial charge on any atom is 0.253 e. The van der Waals surface area contributed by atoms with Crippen LogP contribution in [0.15, 0.2) is 29.2 Å². The third-order valence-electron chi connectivity index (χ3n) is 4.40. The molecule has 6 nitrogen and oxygen atoms in total. The molecule has 1 atom stereocenters. The molecular formula is C17H28ClN3O3S. The number of rotatable bonds is 6. The number of likely N-dealkylation sites (N-methyl/N-ethyl adjacent to an activating group) is 2. The molecule has 0 spiro atoms. The summed E-state index contributed by atoms with van der Waals surface area (Å²) < 4.78 is 27.0. The van der Waals surface area contributed by atoms with Crippen molar-refractivity contribution >= 4 is 28.3 Å². The highest BCUT2D eigenvalue weighted by atomic mass is 35.5. The molecule has 0 aliphatic carbocycles. The summed E-state index contributed by atoms with van der Waals surface area (Å²) in [6.07, 6.45) is 1.96. The van der Waals surface area contributed by atoms with E-state index in [0.717, 1.165) is 12.8 Å². The van der Waals surface area contributed by atoms with Gasteiger partial charge in [0.05, 0.1) is 4.90 Å². The zero-order valence-electron chi connectivity index (χ0n) is 15.1. The molecule has 1 heterocycles. The van der Waals surface area contributed by atoms with E-state index in [-0.39, 0.29) is 23.2 Å². The molecule has 1 aliphatic heterocycles. The zero-order chi connectivity index (χ0) is 17.7. The smallest absolute Gasteiger partial charge is 0.253 e. The highest BCUT2D eigenvalue weighted by Gasteiger charge is 2.28. The number of carbonyl (C=O) groups is 1. The molecular weight excluding hydrogens is 362 g/mol. The van der Waals surface area contributed by atoms with Crippen molar-refractivity contribution in [2.45, 2.75) is 24.7 Å². The Hall–Kier alpha value is -1.15. The summed E-state index contributed by atoms with van der Waals surface area (Å²) in [6.45, 7) is 4.52. The van der Waals surface area contributed by atoms with Gasteiger partial charge in [0, 0.05) is 38.8 Å². The lowest BCUT2D eigenvalue weighted by Crippen LogP contribution is -2.39. The van der Waals surface area contributed by atoms with Crippen molar-refractivity contribution in [3.8, 4) is 0 Å². The predicted octanol–water partition coefficient (Wildman–Crippen LogP) is 1.82. The molecule has 1 amide bonds. The maximum atomic E-state index is 12.7. The maximum absolute atomic E-state index is 12.7. The number of halogens is 1. The van der Waals surface area contributed by atoms with Crippen LogP contribution in [0.4, 0.5) is 0 Å². The highest BCUT2D eigenvalue weighted by molar-refractivity contribution is 7.89. The Labute approximate surface area is 157 Å². The molecule has 0 aromatic heterocycles. The van der Waals surface area contributed by atoms with Crippen LogP contribution in [0.3, 0.4) is 0 Å². The van der Waals surface area contributed by atoms with Gasteiger partial charge < -0.3 is 10.2 Å². The van der Waals surface area contributed by atoms with Gasteiger partial charge in [0.1, 0.15) is 0 Å². The Kier molecular flexibility index (Phi) is 8.34. The number of carbonyl (C=O) groups excluding carboxylic acids is 1. The number of nitrogens with zero attached hydrogens (tertiary/aromatic N) is 2. The van der Waals surface area contributed by atoms with Crippen molar-refractivity contribution in [1.82, 2.24) is 14.5 Å². The molecule has 0 saturated carbocycles. The van der Waals surface area contributed by atoms with Gasteiger partial charge >= 0.3 is 0 Å². The fraction of sp³-hybridized carbons (Fsp3) is 0.588. The minimum Gasteiger partial charge on any atom is -0.340 e. The molecule has 1 unspecified atom stereocenters. The topological polar surface area (TPSA) is 69.7 Å². The number of hydrogen-bond donors (Lipinski definition) is 1. The summed E-state index contributed by atoms with van der Waals surface area (Å²) in [5, 5.41) is 3.00. The van der Waals surface area contributed by atoms with Gasteiger partial charge in [0.15, 0.2) is 0 Å². The van der Waals surface area contributed by atoms with Crippen LogP contribution in [0.1, 0.15) is 30.1 Å². The van der Waals surface area contributed by atoms with Crippen LogP contribution in [0.25, 0.3) is 0 Å². The van der Waals surface area contributed by atoms with E-state index >= 15 is 0 Å². The molecule has 25 heavy (non-hydrogen) atoms. The summed E-state index contributed by atoms with van der Waals surface area (Å²) in [6, 6.07) is 6.26. The summed E-state index contributed by atoms with van der Waals surface area (Å²) in [4.78, 5) is 14.2. The van der Waals surface area contributed by atoms with Crippen molar-refractivity contribution in [3.05, 3.63) is 29.8 Å². The van der Waals surface area contributed by atoms with Gasteiger partial charge in [-0.3, -0.25) is 4.79 Å². The predicted molar refractivity (Wildman–Crippen MR) is 102 cm³/mol. The van der Waals surface area contributed by atoms with Crippen LogP contribution >= 0.6 is 12.4 Å². The second kappa shape index (κ2) is 9.52. The Morgan fingerprint density at radius 3 is 2.52 bits per heavy atom. The average molecular weight is 390 g/mol. The molecule has 8 heteroatoms. The Morgan fingerprint density at radius 2 is 1.96 bits per heavy atom. The largest absolute Gasteiger partial charge is 0.340 e. The van der Waals surface area contributed by atoms with E-state index in [1.165, 1.54) is 12.1 Å². The quantitative estimate of drug-likeness (QED) is 0.805. The van der Waals surface area contributed by atoms with Gasteiger partial charge in [-0.25, -0.2) is 8.42 Å². The summed E-state index contributed by atoms with van der Waals surface area (Å²) >= 11 is 0. The minimum absolute atomic E-state index is 0. The number of benzene rings is 1. The van der Waals surface area contributed by atoms with E-state index < -0.39 is 10.0 Å². The number of piperidine rings is 1. The number of amides is 1. The third kappa shape index (κ3) is 5.41. The van der Waals surface area contributed by atoms with Gasteiger partial charge in [-0.05, 0) is 50.1 Å². The fourth-order valence-electron chi connectivity index (χ4n) is 2.88. The molecule has 1 saturated heterocycles. The zero-order valence-corrected chi connectivity index (χ0v) is 16.7. The Bertz CT molecular complexity index is 664. The first-order valence-electron chi connectivity index (χ1n) is 8.36. The molecule has 1 N–H and O–H groups in total. The number of hydrogen-bond acceptors (Lipinski definition) is 4.